The van der Waals surface area contributed by atoms with Crippen LogP contribution < -0.4 is 5.56 Å². The zero-order valence-electron chi connectivity index (χ0n) is 10.6. The van der Waals surface area contributed by atoms with Gasteiger partial charge in [-0.1, -0.05) is 13.8 Å². The van der Waals surface area contributed by atoms with Crippen molar-refractivity contribution >= 4 is 0 Å². The number of aromatic nitrogens is 1. The van der Waals surface area contributed by atoms with Gasteiger partial charge in [-0.2, -0.15) is 13.2 Å². The van der Waals surface area contributed by atoms with Crippen LogP contribution in [0.1, 0.15) is 42.1 Å². The highest BCUT2D eigenvalue weighted by Gasteiger charge is 2.37. The van der Waals surface area contributed by atoms with Crippen LogP contribution in [0, 0.1) is 13.8 Å². The average molecular weight is 247 g/mol. The molecule has 0 aliphatic carbocycles. The van der Waals surface area contributed by atoms with E-state index in [-0.39, 0.29) is 28.3 Å². The van der Waals surface area contributed by atoms with Gasteiger partial charge >= 0.3 is 6.18 Å². The van der Waals surface area contributed by atoms with Crippen molar-refractivity contribution in [1.82, 2.24) is 4.57 Å². The topological polar surface area (TPSA) is 22.0 Å². The summed E-state index contributed by atoms with van der Waals surface area (Å²) in [5.41, 5.74) is -0.783. The largest absolute Gasteiger partial charge is 0.418 e. The van der Waals surface area contributed by atoms with Gasteiger partial charge < -0.3 is 4.57 Å². The SMILES string of the molecule is Cc1c(C(F)(F)F)c(C)n(C)c(=O)c1C(C)C. The van der Waals surface area contributed by atoms with Crippen LogP contribution in [0.5, 0.6) is 0 Å². The maximum atomic E-state index is 12.9. The predicted octanol–water partition coefficient (Wildman–Crippen LogP) is 3.14. The first-order chi connectivity index (χ1) is 7.59. The van der Waals surface area contributed by atoms with Crippen molar-refractivity contribution in [2.45, 2.75) is 39.8 Å². The van der Waals surface area contributed by atoms with Crippen LogP contribution in [0.3, 0.4) is 0 Å². The number of alkyl halides is 3. The summed E-state index contributed by atoms with van der Waals surface area (Å²) >= 11 is 0. The first kappa shape index (κ1) is 13.8. The Balaban J connectivity index is 3.82. The van der Waals surface area contributed by atoms with Crippen LogP contribution >= 0.6 is 0 Å². The molecule has 0 saturated carbocycles. The summed E-state index contributed by atoms with van der Waals surface area (Å²) in [6.07, 6.45) is -4.43. The molecule has 1 heterocycles. The highest BCUT2D eigenvalue weighted by Crippen LogP contribution is 2.35. The Morgan fingerprint density at radius 2 is 1.65 bits per heavy atom. The first-order valence-corrected chi connectivity index (χ1v) is 5.36. The van der Waals surface area contributed by atoms with Crippen molar-refractivity contribution in [2.75, 3.05) is 0 Å². The van der Waals surface area contributed by atoms with E-state index in [0.29, 0.717) is 0 Å². The van der Waals surface area contributed by atoms with Crippen molar-refractivity contribution in [1.29, 1.82) is 0 Å². The third-order valence-corrected chi connectivity index (χ3v) is 3.04. The van der Waals surface area contributed by atoms with Crippen LogP contribution in [0.15, 0.2) is 4.79 Å². The molecule has 0 aliphatic rings. The average Bonchev–Trinajstić information content (AvgIpc) is 2.11. The Hall–Kier alpha value is -1.26. The van der Waals surface area contributed by atoms with E-state index in [1.807, 2.05) is 0 Å². The second kappa shape index (κ2) is 4.20. The fourth-order valence-corrected chi connectivity index (χ4v) is 2.16. The minimum absolute atomic E-state index is 0.0376. The van der Waals surface area contributed by atoms with E-state index in [1.165, 1.54) is 20.9 Å². The van der Waals surface area contributed by atoms with Crippen molar-refractivity contribution in [3.8, 4) is 0 Å². The Morgan fingerprint density at radius 1 is 1.18 bits per heavy atom. The fourth-order valence-electron chi connectivity index (χ4n) is 2.16. The molecule has 0 N–H and O–H groups in total. The lowest BCUT2D eigenvalue weighted by molar-refractivity contribution is -0.139. The molecule has 0 saturated heterocycles. The monoisotopic (exact) mass is 247 g/mol. The predicted molar refractivity (Wildman–Crippen MR) is 60.2 cm³/mol. The minimum atomic E-state index is -4.43. The Labute approximate surface area is 98.1 Å². The van der Waals surface area contributed by atoms with Gasteiger partial charge in [0.05, 0.1) is 5.56 Å². The van der Waals surface area contributed by atoms with Gasteiger partial charge in [-0.15, -0.1) is 0 Å². The van der Waals surface area contributed by atoms with Gasteiger partial charge in [0.1, 0.15) is 0 Å². The summed E-state index contributed by atoms with van der Waals surface area (Å²) in [6, 6.07) is 0. The molecule has 96 valence electrons. The molecule has 17 heavy (non-hydrogen) atoms. The van der Waals surface area contributed by atoms with Crippen LogP contribution in [0.2, 0.25) is 0 Å². The maximum absolute atomic E-state index is 12.9. The van der Waals surface area contributed by atoms with Gasteiger partial charge in [0, 0.05) is 18.3 Å². The zero-order chi connectivity index (χ0) is 13.5. The van der Waals surface area contributed by atoms with Gasteiger partial charge in [-0.25, -0.2) is 0 Å². The number of pyridine rings is 1. The van der Waals surface area contributed by atoms with E-state index in [2.05, 4.69) is 0 Å². The van der Waals surface area contributed by atoms with E-state index < -0.39 is 11.7 Å². The van der Waals surface area contributed by atoms with Crippen molar-refractivity contribution in [3.63, 3.8) is 0 Å². The van der Waals surface area contributed by atoms with E-state index in [1.54, 1.807) is 13.8 Å². The molecule has 1 aromatic heterocycles. The Bertz CT molecular complexity index is 498. The fraction of sp³-hybridized carbons (Fsp3) is 0.583. The lowest BCUT2D eigenvalue weighted by Gasteiger charge is -2.20. The molecular weight excluding hydrogens is 231 g/mol. The van der Waals surface area contributed by atoms with E-state index in [9.17, 15) is 18.0 Å². The lowest BCUT2D eigenvalue weighted by Crippen LogP contribution is -2.29. The van der Waals surface area contributed by atoms with Crippen LogP contribution in [0.25, 0.3) is 0 Å². The molecule has 0 atom stereocenters. The number of nitrogens with zero attached hydrogens (tertiary/aromatic N) is 1. The summed E-state index contributed by atoms with van der Waals surface area (Å²) in [6.45, 7) is 6.13. The summed E-state index contributed by atoms with van der Waals surface area (Å²) in [7, 11) is 1.37. The molecule has 0 fully saturated rings. The molecule has 1 aromatic rings. The summed E-state index contributed by atoms with van der Waals surface area (Å²) in [4.78, 5) is 11.9. The van der Waals surface area contributed by atoms with Crippen molar-refractivity contribution in [2.24, 2.45) is 7.05 Å². The molecule has 1 rings (SSSR count). The molecule has 0 aromatic carbocycles. The first-order valence-electron chi connectivity index (χ1n) is 5.36. The van der Waals surface area contributed by atoms with Crippen molar-refractivity contribution in [3.05, 3.63) is 32.7 Å². The third kappa shape index (κ3) is 2.23. The molecule has 0 unspecified atom stereocenters. The molecule has 0 spiro atoms. The van der Waals surface area contributed by atoms with Gasteiger partial charge in [0.25, 0.3) is 5.56 Å². The summed E-state index contributed by atoms with van der Waals surface area (Å²) in [5, 5.41) is 0. The maximum Gasteiger partial charge on any atom is 0.418 e. The highest BCUT2D eigenvalue weighted by molar-refractivity contribution is 5.39. The number of hydrogen-bond donors (Lipinski definition) is 0. The second-order valence-electron chi connectivity index (χ2n) is 4.52. The smallest absolute Gasteiger partial charge is 0.315 e. The van der Waals surface area contributed by atoms with Crippen LogP contribution in [-0.4, -0.2) is 4.57 Å². The van der Waals surface area contributed by atoms with Gasteiger partial charge in [-0.05, 0) is 25.3 Å². The molecule has 2 nitrogen and oxygen atoms in total. The van der Waals surface area contributed by atoms with Crippen LogP contribution in [0.4, 0.5) is 13.2 Å². The second-order valence-corrected chi connectivity index (χ2v) is 4.52. The Morgan fingerprint density at radius 3 is 2.00 bits per heavy atom. The van der Waals surface area contributed by atoms with Crippen LogP contribution in [-0.2, 0) is 13.2 Å². The summed E-state index contributed by atoms with van der Waals surface area (Å²) in [5.74, 6) is -0.226. The quantitative estimate of drug-likeness (QED) is 0.747. The van der Waals surface area contributed by atoms with E-state index in [4.69, 9.17) is 0 Å². The lowest BCUT2D eigenvalue weighted by atomic mass is 9.94. The number of halogens is 3. The van der Waals surface area contributed by atoms with E-state index >= 15 is 0 Å². The normalized spacial score (nSPS) is 12.3. The highest BCUT2D eigenvalue weighted by atomic mass is 19.4. The summed E-state index contributed by atoms with van der Waals surface area (Å²) < 4.78 is 39.9. The zero-order valence-corrected chi connectivity index (χ0v) is 10.6. The molecule has 0 bridgehead atoms. The molecule has 5 heteroatoms. The van der Waals surface area contributed by atoms with E-state index in [0.717, 1.165) is 4.57 Å². The van der Waals surface area contributed by atoms with Crippen molar-refractivity contribution < 1.29 is 13.2 Å². The molecule has 0 radical (unpaired) electrons. The standard InChI is InChI=1S/C12H16F3NO/c1-6(2)9-7(3)10(12(13,14)15)8(4)16(5)11(9)17/h6H,1-5H3. The molecule has 0 amide bonds. The number of rotatable bonds is 1. The van der Waals surface area contributed by atoms with Gasteiger partial charge in [0.2, 0.25) is 0 Å². The molecular formula is C12H16F3NO. The van der Waals surface area contributed by atoms with Gasteiger partial charge in [0.15, 0.2) is 0 Å². The van der Waals surface area contributed by atoms with Gasteiger partial charge in [-0.3, -0.25) is 4.79 Å². The Kier molecular flexibility index (Phi) is 3.41. The molecule has 0 aliphatic heterocycles. The third-order valence-electron chi connectivity index (χ3n) is 3.04. The minimum Gasteiger partial charge on any atom is -0.315 e. The number of hydrogen-bond acceptors (Lipinski definition) is 1.